The Morgan fingerprint density at radius 3 is 2.83 bits per heavy atom. The van der Waals surface area contributed by atoms with E-state index in [4.69, 9.17) is 22.1 Å². The van der Waals surface area contributed by atoms with Gasteiger partial charge in [0.15, 0.2) is 0 Å². The summed E-state index contributed by atoms with van der Waals surface area (Å²) in [6, 6.07) is 5.49. The van der Waals surface area contributed by atoms with E-state index in [9.17, 15) is 4.79 Å². The summed E-state index contributed by atoms with van der Waals surface area (Å²) in [7, 11) is 0. The van der Waals surface area contributed by atoms with Gasteiger partial charge >= 0.3 is 0 Å². The lowest BCUT2D eigenvalue weighted by Gasteiger charge is -2.15. The molecule has 1 aromatic carbocycles. The quantitative estimate of drug-likeness (QED) is 0.617. The molecule has 2 aromatic rings. The highest BCUT2D eigenvalue weighted by Crippen LogP contribution is 2.23. The van der Waals surface area contributed by atoms with Crippen LogP contribution >= 0.6 is 11.6 Å². The Morgan fingerprint density at radius 2 is 2.17 bits per heavy atom. The lowest BCUT2D eigenvalue weighted by molar-refractivity contribution is 0.0944. The number of nitrogens with one attached hydrogen (secondary N) is 2. The van der Waals surface area contributed by atoms with Crippen LogP contribution in [0.25, 0.3) is 0 Å². The molecule has 24 heavy (non-hydrogen) atoms. The number of amides is 1. The number of hydrogen-bond acceptors (Lipinski definition) is 7. The Morgan fingerprint density at radius 1 is 1.38 bits per heavy atom. The fraction of sp³-hybridized carbons (Fsp3) is 0.400. The van der Waals surface area contributed by atoms with Crippen molar-refractivity contribution in [1.82, 2.24) is 20.9 Å². The molecule has 0 unspecified atom stereocenters. The van der Waals surface area contributed by atoms with Crippen LogP contribution in [0.15, 0.2) is 22.8 Å². The van der Waals surface area contributed by atoms with Crippen molar-refractivity contribution in [3.05, 3.63) is 34.5 Å². The third kappa shape index (κ3) is 5.10. The molecule has 0 bridgehead atoms. The molecule has 0 aliphatic rings. The lowest BCUT2D eigenvalue weighted by Crippen LogP contribution is -2.32. The minimum Gasteiger partial charge on any atom is -0.491 e. The smallest absolute Gasteiger partial charge is 0.277 e. The molecule has 0 fully saturated rings. The van der Waals surface area contributed by atoms with Crippen LogP contribution in [0.1, 0.15) is 29.9 Å². The van der Waals surface area contributed by atoms with Crippen molar-refractivity contribution in [2.45, 2.75) is 26.5 Å². The standard InChI is InChI=1S/C15H20ClN5O3/c1-9(2)23-12-4-3-11(16)7-10(12)8-18-5-6-19-15(22)13-14(17)21-24-20-13/h3-4,7,9,18H,5-6,8H2,1-2H3,(H2,17,21)(H,19,22). The number of hydrogen-bond donors (Lipinski definition) is 3. The second kappa shape index (κ2) is 8.51. The summed E-state index contributed by atoms with van der Waals surface area (Å²) in [5, 5.41) is 13.3. The number of rotatable bonds is 8. The summed E-state index contributed by atoms with van der Waals surface area (Å²) in [6.07, 6.45) is 0.0748. The maximum atomic E-state index is 11.8. The molecule has 0 spiro atoms. The maximum Gasteiger partial charge on any atom is 0.277 e. The molecule has 4 N–H and O–H groups in total. The van der Waals surface area contributed by atoms with Gasteiger partial charge in [0.2, 0.25) is 11.5 Å². The number of halogens is 1. The monoisotopic (exact) mass is 353 g/mol. The fourth-order valence-electron chi connectivity index (χ4n) is 1.98. The molecule has 9 heteroatoms. The number of anilines is 1. The Bertz CT molecular complexity index is 689. The van der Waals surface area contributed by atoms with Gasteiger partial charge in [-0.2, -0.15) is 0 Å². The number of carbonyl (C=O) groups excluding carboxylic acids is 1. The van der Waals surface area contributed by atoms with Crippen LogP contribution in [0.5, 0.6) is 5.75 Å². The molecule has 0 radical (unpaired) electrons. The van der Waals surface area contributed by atoms with Crippen LogP contribution < -0.4 is 21.1 Å². The summed E-state index contributed by atoms with van der Waals surface area (Å²) in [6.45, 7) is 5.43. The number of nitrogens with two attached hydrogens (primary N) is 1. The van der Waals surface area contributed by atoms with Crippen molar-refractivity contribution in [3.8, 4) is 5.75 Å². The van der Waals surface area contributed by atoms with Gasteiger partial charge in [-0.1, -0.05) is 11.6 Å². The van der Waals surface area contributed by atoms with Gasteiger partial charge in [-0.05, 0) is 42.4 Å². The highest BCUT2D eigenvalue weighted by Gasteiger charge is 2.15. The number of carbonyl (C=O) groups is 1. The van der Waals surface area contributed by atoms with Crippen molar-refractivity contribution < 1.29 is 14.2 Å². The topological polar surface area (TPSA) is 115 Å². The van der Waals surface area contributed by atoms with Crippen LogP contribution in [0.2, 0.25) is 5.02 Å². The van der Waals surface area contributed by atoms with Crippen LogP contribution in [-0.4, -0.2) is 35.4 Å². The molecule has 0 aliphatic heterocycles. The largest absolute Gasteiger partial charge is 0.491 e. The normalized spacial score (nSPS) is 10.8. The molecular weight excluding hydrogens is 334 g/mol. The van der Waals surface area contributed by atoms with Crippen molar-refractivity contribution in [1.29, 1.82) is 0 Å². The molecule has 0 saturated carbocycles. The first-order valence-electron chi connectivity index (χ1n) is 7.49. The van der Waals surface area contributed by atoms with E-state index in [1.807, 2.05) is 26.0 Å². The summed E-state index contributed by atoms with van der Waals surface area (Å²) in [5.74, 6) is 0.323. The van der Waals surface area contributed by atoms with Crippen molar-refractivity contribution >= 4 is 23.3 Å². The average molecular weight is 354 g/mol. The van der Waals surface area contributed by atoms with Gasteiger partial charge in [0.25, 0.3) is 5.91 Å². The second-order valence-electron chi connectivity index (χ2n) is 5.35. The molecular formula is C15H20ClN5O3. The average Bonchev–Trinajstić information content (AvgIpc) is 2.95. The van der Waals surface area contributed by atoms with E-state index in [0.29, 0.717) is 24.7 Å². The molecule has 0 aliphatic carbocycles. The molecule has 1 heterocycles. The summed E-state index contributed by atoms with van der Waals surface area (Å²) >= 11 is 6.03. The van der Waals surface area contributed by atoms with E-state index >= 15 is 0 Å². The third-order valence-corrected chi connectivity index (χ3v) is 3.25. The number of benzene rings is 1. The van der Waals surface area contributed by atoms with Crippen molar-refractivity contribution in [2.24, 2.45) is 0 Å². The van der Waals surface area contributed by atoms with Gasteiger partial charge in [-0.25, -0.2) is 4.63 Å². The first kappa shape index (κ1) is 18.0. The van der Waals surface area contributed by atoms with Crippen LogP contribution in [0, 0.1) is 0 Å². The number of nitrogens with zero attached hydrogens (tertiary/aromatic N) is 2. The predicted octanol–water partition coefficient (Wildman–Crippen LogP) is 1.61. The summed E-state index contributed by atoms with van der Waals surface area (Å²) < 4.78 is 10.1. The zero-order chi connectivity index (χ0) is 17.5. The molecule has 2 rings (SSSR count). The minimum atomic E-state index is -0.429. The van der Waals surface area contributed by atoms with Crippen LogP contribution in [0.3, 0.4) is 0 Å². The highest BCUT2D eigenvalue weighted by molar-refractivity contribution is 6.30. The minimum absolute atomic E-state index is 0.0162. The summed E-state index contributed by atoms with van der Waals surface area (Å²) in [5.41, 5.74) is 6.38. The summed E-state index contributed by atoms with van der Waals surface area (Å²) in [4.78, 5) is 11.8. The Balaban J connectivity index is 1.79. The van der Waals surface area contributed by atoms with Crippen LogP contribution in [-0.2, 0) is 6.54 Å². The molecule has 1 amide bonds. The van der Waals surface area contributed by atoms with E-state index in [1.54, 1.807) is 6.07 Å². The third-order valence-electron chi connectivity index (χ3n) is 3.02. The first-order chi connectivity index (χ1) is 11.5. The van der Waals surface area contributed by atoms with E-state index < -0.39 is 5.91 Å². The molecule has 0 atom stereocenters. The number of aromatic nitrogens is 2. The second-order valence-corrected chi connectivity index (χ2v) is 5.79. The number of ether oxygens (including phenoxy) is 1. The zero-order valence-electron chi connectivity index (χ0n) is 13.5. The highest BCUT2D eigenvalue weighted by atomic mass is 35.5. The molecule has 0 saturated heterocycles. The zero-order valence-corrected chi connectivity index (χ0v) is 14.3. The Kier molecular flexibility index (Phi) is 6.39. The van der Waals surface area contributed by atoms with Gasteiger partial charge < -0.3 is 21.1 Å². The first-order valence-corrected chi connectivity index (χ1v) is 7.87. The lowest BCUT2D eigenvalue weighted by atomic mass is 10.2. The van der Waals surface area contributed by atoms with Gasteiger partial charge in [-0.15, -0.1) is 0 Å². The maximum absolute atomic E-state index is 11.8. The molecule has 8 nitrogen and oxygen atoms in total. The fourth-order valence-corrected chi connectivity index (χ4v) is 2.17. The van der Waals surface area contributed by atoms with Crippen molar-refractivity contribution in [3.63, 3.8) is 0 Å². The van der Waals surface area contributed by atoms with Gasteiger partial charge in [0.1, 0.15) is 5.75 Å². The van der Waals surface area contributed by atoms with Crippen molar-refractivity contribution in [2.75, 3.05) is 18.8 Å². The van der Waals surface area contributed by atoms with Gasteiger partial charge in [0.05, 0.1) is 6.10 Å². The van der Waals surface area contributed by atoms with Gasteiger partial charge in [0, 0.05) is 30.2 Å². The van der Waals surface area contributed by atoms with E-state index in [0.717, 1.165) is 11.3 Å². The van der Waals surface area contributed by atoms with E-state index in [-0.39, 0.29) is 17.6 Å². The van der Waals surface area contributed by atoms with Crippen LogP contribution in [0.4, 0.5) is 5.82 Å². The SMILES string of the molecule is CC(C)Oc1ccc(Cl)cc1CNCCNC(=O)c1nonc1N. The van der Waals surface area contributed by atoms with E-state index in [2.05, 4.69) is 25.6 Å². The van der Waals surface area contributed by atoms with E-state index in [1.165, 1.54) is 0 Å². The Hall–Kier alpha value is -2.32. The number of nitrogen functional groups attached to an aromatic ring is 1. The Labute approximate surface area is 144 Å². The molecule has 130 valence electrons. The van der Waals surface area contributed by atoms with Gasteiger partial charge in [-0.3, -0.25) is 4.79 Å². The predicted molar refractivity (Wildman–Crippen MR) is 90.0 cm³/mol. The molecule has 1 aromatic heterocycles.